The van der Waals surface area contributed by atoms with E-state index in [1.807, 2.05) is 13.0 Å². The minimum absolute atomic E-state index is 0.296. The Balaban J connectivity index is 2.70. The number of rotatable bonds is 1. The highest BCUT2D eigenvalue weighted by Gasteiger charge is 2.14. The summed E-state index contributed by atoms with van der Waals surface area (Å²) >= 11 is 1.48. The number of phenolic OH excluding ortho intramolecular Hbond substituents is 1. The zero-order chi connectivity index (χ0) is 10.3. The van der Waals surface area contributed by atoms with Crippen molar-refractivity contribution in [1.29, 1.82) is 0 Å². The molecule has 0 aliphatic carbocycles. The highest BCUT2D eigenvalue weighted by atomic mass is 32.1. The Kier molecular flexibility index (Phi) is 2.15. The number of fused-ring (bicyclic) bond motifs is 1. The minimum Gasteiger partial charge on any atom is -0.507 e. The number of halogens is 2. The summed E-state index contributed by atoms with van der Waals surface area (Å²) in [5.74, 6) is -0.325. The Morgan fingerprint density at radius 3 is 2.64 bits per heavy atom. The molecule has 1 N–H and O–H groups in total. The normalized spacial score (nSPS) is 11.4. The number of alkyl halides is 2. The molecule has 2 rings (SSSR count). The third kappa shape index (κ3) is 1.46. The van der Waals surface area contributed by atoms with Gasteiger partial charge in [0, 0.05) is 9.58 Å². The number of thiophene rings is 1. The summed E-state index contributed by atoms with van der Waals surface area (Å²) in [5.41, 5.74) is -0.296. The molecule has 0 saturated carbocycles. The van der Waals surface area contributed by atoms with Crippen LogP contribution in [0.4, 0.5) is 8.78 Å². The summed E-state index contributed by atoms with van der Waals surface area (Å²) in [6.45, 7) is 1.91. The van der Waals surface area contributed by atoms with Gasteiger partial charge in [0.2, 0.25) is 0 Å². The van der Waals surface area contributed by atoms with Crippen LogP contribution in [0.15, 0.2) is 18.2 Å². The van der Waals surface area contributed by atoms with E-state index in [0.29, 0.717) is 0 Å². The highest BCUT2D eigenvalue weighted by molar-refractivity contribution is 7.19. The quantitative estimate of drug-likeness (QED) is 0.764. The molecule has 1 heterocycles. The van der Waals surface area contributed by atoms with Gasteiger partial charge in [-0.2, -0.15) is 0 Å². The average Bonchev–Trinajstić information content (AvgIpc) is 2.42. The molecule has 1 nitrogen and oxygen atoms in total. The van der Waals surface area contributed by atoms with Crippen LogP contribution in [-0.4, -0.2) is 5.11 Å². The van der Waals surface area contributed by atoms with Gasteiger partial charge in [-0.3, -0.25) is 0 Å². The summed E-state index contributed by atoms with van der Waals surface area (Å²) in [4.78, 5) is 1.05. The third-order valence-corrected chi connectivity index (χ3v) is 3.04. The van der Waals surface area contributed by atoms with Gasteiger partial charge in [0.1, 0.15) is 5.75 Å². The number of hydrogen-bond donors (Lipinski definition) is 1. The first-order chi connectivity index (χ1) is 6.58. The molecule has 0 unspecified atom stereocenters. The molecule has 0 aliphatic rings. The molecule has 0 bridgehead atoms. The number of aromatic hydroxyl groups is 1. The first-order valence-electron chi connectivity index (χ1n) is 4.09. The maximum atomic E-state index is 12.4. The van der Waals surface area contributed by atoms with E-state index in [2.05, 4.69) is 0 Å². The standard InChI is InChI=1S/C10H8F2OS/c1-5-2-6-3-7(10(11)12)8(13)4-9(6)14-5/h2-4,10,13H,1H3. The van der Waals surface area contributed by atoms with Crippen molar-refractivity contribution in [2.75, 3.05) is 0 Å². The van der Waals surface area contributed by atoms with Gasteiger partial charge in [-0.1, -0.05) is 0 Å². The molecule has 4 heteroatoms. The Morgan fingerprint density at radius 2 is 2.00 bits per heavy atom. The van der Waals surface area contributed by atoms with Gasteiger partial charge in [-0.15, -0.1) is 11.3 Å². The minimum atomic E-state index is -2.63. The van der Waals surface area contributed by atoms with Gasteiger partial charge >= 0.3 is 0 Å². The second-order valence-electron chi connectivity index (χ2n) is 3.11. The molecule has 14 heavy (non-hydrogen) atoms. The van der Waals surface area contributed by atoms with Crippen molar-refractivity contribution in [3.63, 3.8) is 0 Å². The molecule has 0 aliphatic heterocycles. The van der Waals surface area contributed by atoms with E-state index in [0.717, 1.165) is 15.0 Å². The van der Waals surface area contributed by atoms with E-state index < -0.39 is 6.43 Å². The van der Waals surface area contributed by atoms with Crippen molar-refractivity contribution in [2.24, 2.45) is 0 Å². The lowest BCUT2D eigenvalue weighted by Gasteiger charge is -2.02. The summed E-state index contributed by atoms with van der Waals surface area (Å²) in [6, 6.07) is 4.58. The zero-order valence-electron chi connectivity index (χ0n) is 7.42. The molecule has 0 radical (unpaired) electrons. The Hall–Kier alpha value is -1.16. The number of aryl methyl sites for hydroxylation is 1. The molecule has 0 fully saturated rings. The van der Waals surface area contributed by atoms with Gasteiger partial charge in [-0.05, 0) is 30.5 Å². The molecule has 1 aromatic heterocycles. The molecule has 0 spiro atoms. The SMILES string of the molecule is Cc1cc2cc(C(F)F)c(O)cc2s1. The lowest BCUT2D eigenvalue weighted by Crippen LogP contribution is -1.83. The second kappa shape index (κ2) is 3.20. The molecular formula is C10H8F2OS. The van der Waals surface area contributed by atoms with Gasteiger partial charge in [0.25, 0.3) is 6.43 Å². The van der Waals surface area contributed by atoms with Crippen LogP contribution in [0, 0.1) is 6.92 Å². The molecular weight excluding hydrogens is 206 g/mol. The van der Waals surface area contributed by atoms with Crippen molar-refractivity contribution >= 4 is 21.4 Å². The number of hydrogen-bond acceptors (Lipinski definition) is 2. The first kappa shape index (κ1) is 9.40. The van der Waals surface area contributed by atoms with Crippen LogP contribution in [0.25, 0.3) is 10.1 Å². The van der Waals surface area contributed by atoms with Crippen LogP contribution in [0.3, 0.4) is 0 Å². The topological polar surface area (TPSA) is 20.2 Å². The number of benzene rings is 1. The summed E-state index contributed by atoms with van der Waals surface area (Å²) in [5, 5.41) is 10.1. The maximum Gasteiger partial charge on any atom is 0.267 e. The largest absolute Gasteiger partial charge is 0.507 e. The van der Waals surface area contributed by atoms with Gasteiger partial charge in [0.05, 0.1) is 5.56 Å². The molecule has 2 aromatic rings. The van der Waals surface area contributed by atoms with Crippen molar-refractivity contribution < 1.29 is 13.9 Å². The lowest BCUT2D eigenvalue weighted by atomic mass is 10.1. The van der Waals surface area contributed by atoms with Crippen LogP contribution >= 0.6 is 11.3 Å². The molecule has 74 valence electrons. The molecule has 0 atom stereocenters. The maximum absolute atomic E-state index is 12.4. The fourth-order valence-corrected chi connectivity index (χ4v) is 2.34. The second-order valence-corrected chi connectivity index (χ2v) is 4.39. The van der Waals surface area contributed by atoms with Crippen LogP contribution in [-0.2, 0) is 0 Å². The molecule has 0 saturated heterocycles. The van der Waals surface area contributed by atoms with Crippen LogP contribution in [0.2, 0.25) is 0 Å². The fourth-order valence-electron chi connectivity index (χ4n) is 1.40. The van der Waals surface area contributed by atoms with E-state index in [1.165, 1.54) is 23.5 Å². The zero-order valence-corrected chi connectivity index (χ0v) is 8.24. The Morgan fingerprint density at radius 1 is 1.29 bits per heavy atom. The highest BCUT2D eigenvalue weighted by Crippen LogP contribution is 2.35. The number of phenols is 1. The van der Waals surface area contributed by atoms with E-state index in [4.69, 9.17) is 0 Å². The lowest BCUT2D eigenvalue weighted by molar-refractivity contribution is 0.147. The summed E-state index contributed by atoms with van der Waals surface area (Å²) in [6.07, 6.45) is -2.63. The van der Waals surface area contributed by atoms with Crippen LogP contribution in [0.1, 0.15) is 16.9 Å². The average molecular weight is 214 g/mol. The molecule has 1 aromatic carbocycles. The van der Waals surface area contributed by atoms with Crippen LogP contribution < -0.4 is 0 Å². The van der Waals surface area contributed by atoms with E-state index in [-0.39, 0.29) is 11.3 Å². The van der Waals surface area contributed by atoms with Crippen LogP contribution in [0.5, 0.6) is 5.75 Å². The summed E-state index contributed by atoms with van der Waals surface area (Å²) in [7, 11) is 0. The van der Waals surface area contributed by atoms with Gasteiger partial charge in [-0.25, -0.2) is 8.78 Å². The Labute approximate surface area is 83.6 Å². The fraction of sp³-hybridized carbons (Fsp3) is 0.200. The first-order valence-corrected chi connectivity index (χ1v) is 4.91. The van der Waals surface area contributed by atoms with Crippen molar-refractivity contribution in [1.82, 2.24) is 0 Å². The van der Waals surface area contributed by atoms with E-state index in [1.54, 1.807) is 0 Å². The predicted octanol–water partition coefficient (Wildman–Crippen LogP) is 3.85. The van der Waals surface area contributed by atoms with E-state index >= 15 is 0 Å². The smallest absolute Gasteiger partial charge is 0.267 e. The van der Waals surface area contributed by atoms with Gasteiger partial charge < -0.3 is 5.11 Å². The molecule has 0 amide bonds. The monoisotopic (exact) mass is 214 g/mol. The van der Waals surface area contributed by atoms with E-state index in [9.17, 15) is 13.9 Å². The van der Waals surface area contributed by atoms with Crippen molar-refractivity contribution in [3.05, 3.63) is 28.6 Å². The third-order valence-electron chi connectivity index (χ3n) is 2.02. The predicted molar refractivity (Wildman–Crippen MR) is 53.2 cm³/mol. The summed E-state index contributed by atoms with van der Waals surface area (Å²) < 4.78 is 25.6. The van der Waals surface area contributed by atoms with Crippen molar-refractivity contribution in [3.8, 4) is 5.75 Å². The Bertz CT molecular complexity index is 476. The van der Waals surface area contributed by atoms with Gasteiger partial charge in [0.15, 0.2) is 0 Å². The van der Waals surface area contributed by atoms with Crippen molar-refractivity contribution in [2.45, 2.75) is 13.3 Å².